The van der Waals surface area contributed by atoms with Crippen molar-refractivity contribution >= 4 is 22.8 Å². The molecule has 1 amide bonds. The van der Waals surface area contributed by atoms with Crippen LogP contribution in [-0.2, 0) is 4.79 Å². The zero-order valence-corrected chi connectivity index (χ0v) is 13.2. The van der Waals surface area contributed by atoms with E-state index in [0.29, 0.717) is 24.3 Å². The molecule has 0 aliphatic heterocycles. The molecule has 1 aliphatic carbocycles. The van der Waals surface area contributed by atoms with Gasteiger partial charge in [-0.3, -0.25) is 9.59 Å². The minimum absolute atomic E-state index is 0.00474. The number of hydrogen-bond acceptors (Lipinski definition) is 3. The van der Waals surface area contributed by atoms with Gasteiger partial charge in [0.05, 0.1) is 5.92 Å². The first-order valence-corrected chi connectivity index (χ1v) is 8.07. The second kappa shape index (κ2) is 6.44. The normalized spacial score (nSPS) is 21.3. The summed E-state index contributed by atoms with van der Waals surface area (Å²) in [6, 6.07) is 7.53. The lowest BCUT2D eigenvalue weighted by Crippen LogP contribution is -2.37. The second-order valence-corrected chi connectivity index (χ2v) is 6.25. The van der Waals surface area contributed by atoms with Crippen molar-refractivity contribution in [2.45, 2.75) is 32.6 Å². The monoisotopic (exact) mass is 315 g/mol. The Bertz CT molecular complexity index is 734. The summed E-state index contributed by atoms with van der Waals surface area (Å²) in [6.45, 7) is 2.24. The largest absolute Gasteiger partial charge is 0.481 e. The molecule has 2 aromatic rings. The first-order valence-electron chi connectivity index (χ1n) is 8.07. The average Bonchev–Trinajstić information content (AvgIpc) is 2.90. The molecular formula is C18H21NO4. The summed E-state index contributed by atoms with van der Waals surface area (Å²) in [6.07, 6.45) is 3.51. The maximum Gasteiger partial charge on any atom is 0.306 e. The van der Waals surface area contributed by atoms with Gasteiger partial charge in [0.1, 0.15) is 5.58 Å². The van der Waals surface area contributed by atoms with E-state index in [4.69, 9.17) is 4.42 Å². The summed E-state index contributed by atoms with van der Waals surface area (Å²) < 4.78 is 5.65. The summed E-state index contributed by atoms with van der Waals surface area (Å²) in [7, 11) is 0. The van der Waals surface area contributed by atoms with Crippen molar-refractivity contribution in [3.8, 4) is 0 Å². The molecule has 1 saturated carbocycles. The van der Waals surface area contributed by atoms with Crippen LogP contribution in [0.4, 0.5) is 0 Å². The van der Waals surface area contributed by atoms with E-state index in [1.165, 1.54) is 0 Å². The highest BCUT2D eigenvalue weighted by atomic mass is 16.4. The van der Waals surface area contributed by atoms with Gasteiger partial charge in [-0.2, -0.15) is 0 Å². The molecule has 0 bridgehead atoms. The van der Waals surface area contributed by atoms with Crippen LogP contribution in [-0.4, -0.2) is 23.5 Å². The van der Waals surface area contributed by atoms with E-state index in [1.54, 1.807) is 0 Å². The number of nitrogens with one attached hydrogen (secondary N) is 1. The molecule has 0 unspecified atom stereocenters. The Balaban J connectivity index is 1.71. The zero-order chi connectivity index (χ0) is 16.4. The molecule has 1 aromatic heterocycles. The average molecular weight is 315 g/mol. The third-order valence-corrected chi connectivity index (χ3v) is 4.80. The van der Waals surface area contributed by atoms with Gasteiger partial charge in [-0.15, -0.1) is 0 Å². The lowest BCUT2D eigenvalue weighted by Gasteiger charge is -2.28. The van der Waals surface area contributed by atoms with Crippen molar-refractivity contribution in [1.82, 2.24) is 5.32 Å². The Kier molecular flexibility index (Phi) is 4.37. The maximum absolute atomic E-state index is 12.4. The number of benzene rings is 1. The molecule has 0 spiro atoms. The molecule has 23 heavy (non-hydrogen) atoms. The molecule has 3 rings (SSSR count). The van der Waals surface area contributed by atoms with Gasteiger partial charge in [0.15, 0.2) is 5.76 Å². The second-order valence-electron chi connectivity index (χ2n) is 6.25. The summed E-state index contributed by atoms with van der Waals surface area (Å²) in [4.78, 5) is 23.7. The molecule has 1 aliphatic rings. The SMILES string of the molecule is Cc1c(C(=O)NC[C@@H]2CCCC[C@@H]2C(=O)O)oc2ccccc12. The van der Waals surface area contributed by atoms with Crippen LogP contribution in [0.25, 0.3) is 11.0 Å². The van der Waals surface area contributed by atoms with Crippen LogP contribution in [0.5, 0.6) is 0 Å². The smallest absolute Gasteiger partial charge is 0.306 e. The molecule has 1 heterocycles. The Morgan fingerprint density at radius 3 is 2.74 bits per heavy atom. The molecule has 5 nitrogen and oxygen atoms in total. The Morgan fingerprint density at radius 2 is 2.00 bits per heavy atom. The summed E-state index contributed by atoms with van der Waals surface area (Å²) >= 11 is 0. The molecule has 1 aromatic carbocycles. The number of carboxylic acids is 1. The summed E-state index contributed by atoms with van der Waals surface area (Å²) in [5.74, 6) is -1.08. The van der Waals surface area contributed by atoms with Crippen LogP contribution in [0.3, 0.4) is 0 Å². The van der Waals surface area contributed by atoms with E-state index in [1.807, 2.05) is 31.2 Å². The van der Waals surface area contributed by atoms with E-state index in [-0.39, 0.29) is 17.7 Å². The number of hydrogen-bond donors (Lipinski definition) is 2. The van der Waals surface area contributed by atoms with Crippen LogP contribution in [0.1, 0.15) is 41.8 Å². The third-order valence-electron chi connectivity index (χ3n) is 4.80. The Morgan fingerprint density at radius 1 is 1.26 bits per heavy atom. The number of fused-ring (bicyclic) bond motifs is 1. The Labute approximate surface area is 134 Å². The van der Waals surface area contributed by atoms with Gasteiger partial charge in [0.25, 0.3) is 5.91 Å². The summed E-state index contributed by atoms with van der Waals surface area (Å²) in [5, 5.41) is 13.1. The molecule has 2 atom stereocenters. The number of furan rings is 1. The fourth-order valence-electron chi connectivity index (χ4n) is 3.47. The fourth-order valence-corrected chi connectivity index (χ4v) is 3.47. The Hall–Kier alpha value is -2.30. The van der Waals surface area contributed by atoms with E-state index >= 15 is 0 Å². The first kappa shape index (κ1) is 15.6. The molecular weight excluding hydrogens is 294 g/mol. The standard InChI is InChI=1S/C18H21NO4/c1-11-13-7-4-5-9-15(13)23-16(11)17(20)19-10-12-6-2-3-8-14(12)18(21)22/h4-5,7,9,12,14H,2-3,6,8,10H2,1H3,(H,19,20)(H,21,22)/t12-,14-/m0/s1. The van der Waals surface area contributed by atoms with Gasteiger partial charge in [-0.1, -0.05) is 31.0 Å². The van der Waals surface area contributed by atoms with Crippen LogP contribution in [0, 0.1) is 18.8 Å². The third kappa shape index (κ3) is 3.09. The van der Waals surface area contributed by atoms with E-state index in [2.05, 4.69) is 5.32 Å². The number of carboxylic acid groups (broad SMARTS) is 1. The number of carbonyl (C=O) groups excluding carboxylic acids is 1. The highest BCUT2D eigenvalue weighted by Gasteiger charge is 2.31. The van der Waals surface area contributed by atoms with E-state index in [9.17, 15) is 14.7 Å². The minimum atomic E-state index is -0.760. The van der Waals surface area contributed by atoms with Crippen molar-refractivity contribution in [1.29, 1.82) is 0 Å². The van der Waals surface area contributed by atoms with Gasteiger partial charge in [0.2, 0.25) is 0 Å². The van der Waals surface area contributed by atoms with Crippen LogP contribution < -0.4 is 5.32 Å². The zero-order valence-electron chi connectivity index (χ0n) is 13.2. The van der Waals surface area contributed by atoms with Crippen molar-refractivity contribution < 1.29 is 19.1 Å². The lowest BCUT2D eigenvalue weighted by atomic mass is 9.79. The molecule has 1 fully saturated rings. The van der Waals surface area contributed by atoms with Gasteiger partial charge in [-0.25, -0.2) is 0 Å². The van der Waals surface area contributed by atoms with Crippen LogP contribution in [0.2, 0.25) is 0 Å². The number of aliphatic carboxylic acids is 1. The van der Waals surface area contributed by atoms with Gasteiger partial charge in [0, 0.05) is 17.5 Å². The van der Waals surface area contributed by atoms with Gasteiger partial charge in [-0.05, 0) is 31.7 Å². The quantitative estimate of drug-likeness (QED) is 0.906. The number of aryl methyl sites for hydroxylation is 1. The molecule has 0 saturated heterocycles. The highest BCUT2D eigenvalue weighted by Crippen LogP contribution is 2.30. The molecule has 2 N–H and O–H groups in total. The number of rotatable bonds is 4. The first-order chi connectivity index (χ1) is 11.1. The maximum atomic E-state index is 12.4. The predicted octanol–water partition coefficient (Wildman–Crippen LogP) is 3.36. The number of carbonyl (C=O) groups is 2. The minimum Gasteiger partial charge on any atom is -0.481 e. The molecule has 5 heteroatoms. The number of amides is 1. The van der Waals surface area contributed by atoms with E-state index in [0.717, 1.165) is 30.2 Å². The van der Waals surface area contributed by atoms with Crippen molar-refractivity contribution in [3.05, 3.63) is 35.6 Å². The molecule has 122 valence electrons. The predicted molar refractivity (Wildman–Crippen MR) is 86.4 cm³/mol. The van der Waals surface area contributed by atoms with Gasteiger partial charge < -0.3 is 14.8 Å². The highest BCUT2D eigenvalue weighted by molar-refractivity contribution is 5.98. The van der Waals surface area contributed by atoms with Crippen molar-refractivity contribution in [3.63, 3.8) is 0 Å². The summed E-state index contributed by atoms with van der Waals surface area (Å²) in [5.41, 5.74) is 1.51. The van der Waals surface area contributed by atoms with Crippen molar-refractivity contribution in [2.75, 3.05) is 6.54 Å². The topological polar surface area (TPSA) is 79.5 Å². The van der Waals surface area contributed by atoms with E-state index < -0.39 is 5.97 Å². The van der Waals surface area contributed by atoms with Crippen LogP contribution in [0.15, 0.2) is 28.7 Å². The van der Waals surface area contributed by atoms with Gasteiger partial charge >= 0.3 is 5.97 Å². The lowest BCUT2D eigenvalue weighted by molar-refractivity contribution is -0.144. The fraction of sp³-hybridized carbons (Fsp3) is 0.444. The van der Waals surface area contributed by atoms with Crippen molar-refractivity contribution in [2.24, 2.45) is 11.8 Å². The number of para-hydroxylation sites is 1. The van der Waals surface area contributed by atoms with Crippen LogP contribution >= 0.6 is 0 Å². The molecule has 0 radical (unpaired) electrons.